The molecule has 0 unspecified atom stereocenters. The van der Waals surface area contributed by atoms with E-state index >= 15 is 0 Å². The van der Waals surface area contributed by atoms with Gasteiger partial charge in [0.2, 0.25) is 0 Å². The zero-order chi connectivity index (χ0) is 3.58. The fourth-order valence-electron chi connectivity index (χ4n) is 0. The van der Waals surface area contributed by atoms with Crippen molar-refractivity contribution >= 4 is 62.7 Å². The van der Waals surface area contributed by atoms with Gasteiger partial charge in [0, 0.05) is 73.8 Å². The molecule has 0 aliphatic heterocycles. The molecule has 0 aromatic carbocycles. The Morgan fingerprint density at radius 2 is 1.33 bits per heavy atom. The first-order valence-electron chi connectivity index (χ1n) is 0.532. The largest absolute Gasteiger partial charge is 0.299 e. The second kappa shape index (κ2) is 10.4. The molecule has 0 aromatic rings. The van der Waals surface area contributed by atoms with Crippen LogP contribution in [-0.4, -0.2) is 64.7 Å². The Hall–Kier alpha value is 2.45. The van der Waals surface area contributed by atoms with Crippen LogP contribution in [0.15, 0.2) is 0 Å². The van der Waals surface area contributed by atoms with E-state index in [4.69, 9.17) is 13.3 Å². The third-order valence-corrected chi connectivity index (χ3v) is 0. The molecular formula is H2AgKO3S. The van der Waals surface area contributed by atoms with Gasteiger partial charge in [0.15, 0.2) is 0 Å². The van der Waals surface area contributed by atoms with Gasteiger partial charge < -0.3 is 0 Å². The van der Waals surface area contributed by atoms with Crippen molar-refractivity contribution < 1.29 is 35.7 Å². The van der Waals surface area contributed by atoms with Gasteiger partial charge in [0.05, 0.1) is 0 Å². The van der Waals surface area contributed by atoms with E-state index in [0.717, 1.165) is 0 Å². The molecule has 0 saturated carbocycles. The summed E-state index contributed by atoms with van der Waals surface area (Å²) in [6, 6.07) is 0. The first kappa shape index (κ1) is 15.8. The van der Waals surface area contributed by atoms with Crippen LogP contribution in [0.1, 0.15) is 0 Å². The zero-order valence-corrected chi connectivity index (χ0v) is 8.43. The maximum absolute atomic E-state index is 8.67. The van der Waals surface area contributed by atoms with Gasteiger partial charge in [-0.1, -0.05) is 0 Å². The summed E-state index contributed by atoms with van der Waals surface area (Å²) in [6.07, 6.45) is 0. The second-order valence-electron chi connectivity index (χ2n) is 0.231. The molecular weight excluding hydrogens is 227 g/mol. The average Bonchev–Trinajstić information content (AvgIpc) is 0.811. The van der Waals surface area contributed by atoms with Crippen LogP contribution >= 0.6 is 0 Å². The van der Waals surface area contributed by atoms with Crippen molar-refractivity contribution in [1.29, 1.82) is 0 Å². The number of hydrogen-bond acceptors (Lipinski definition) is 1. The molecule has 0 fully saturated rings. The molecule has 0 aliphatic carbocycles. The summed E-state index contributed by atoms with van der Waals surface area (Å²) < 4.78 is 22.8. The van der Waals surface area contributed by atoms with Crippen LogP contribution in [0.4, 0.5) is 0 Å². The Bertz CT molecular complexity index is 33.8. The van der Waals surface area contributed by atoms with Crippen molar-refractivity contribution in [3.8, 4) is 0 Å². The summed E-state index contributed by atoms with van der Waals surface area (Å²) in [7, 11) is 0. The van der Waals surface area contributed by atoms with Crippen molar-refractivity contribution in [2.45, 2.75) is 0 Å². The van der Waals surface area contributed by atoms with E-state index in [2.05, 4.69) is 0 Å². The zero-order valence-electron chi connectivity index (χ0n) is 3.01. The van der Waals surface area contributed by atoms with E-state index in [1.807, 2.05) is 0 Å². The van der Waals surface area contributed by atoms with E-state index in [1.165, 1.54) is 0 Å². The average molecular weight is 229 g/mol. The maximum atomic E-state index is 8.67. The van der Waals surface area contributed by atoms with E-state index < -0.39 is 11.4 Å². The molecule has 0 amide bonds. The molecule has 6 heteroatoms. The van der Waals surface area contributed by atoms with Crippen molar-refractivity contribution in [3.63, 3.8) is 0 Å². The molecule has 0 bridgehead atoms. The molecule has 3 nitrogen and oxygen atoms in total. The van der Waals surface area contributed by atoms with Crippen LogP contribution < -0.4 is 0 Å². The molecule has 38 valence electrons. The third-order valence-electron chi connectivity index (χ3n) is 0. The van der Waals surface area contributed by atoms with Gasteiger partial charge in [0.25, 0.3) is 11.4 Å². The van der Waals surface area contributed by atoms with Gasteiger partial charge in [-0.25, -0.2) is 0 Å². The van der Waals surface area contributed by atoms with E-state index in [9.17, 15) is 0 Å². The van der Waals surface area contributed by atoms with Crippen LogP contribution in [0.2, 0.25) is 0 Å². The molecule has 2 N–H and O–H groups in total. The van der Waals surface area contributed by atoms with Gasteiger partial charge in [-0.3, -0.25) is 9.11 Å². The molecule has 0 atom stereocenters. The van der Waals surface area contributed by atoms with Gasteiger partial charge in [0.1, 0.15) is 0 Å². The quantitative estimate of drug-likeness (QED) is 0.426. The Morgan fingerprint density at radius 1 is 1.33 bits per heavy atom. The van der Waals surface area contributed by atoms with Crippen LogP contribution in [0.3, 0.4) is 0 Å². The Balaban J connectivity index is -0.0000000450. The molecule has 0 aromatic heterocycles. The van der Waals surface area contributed by atoms with Crippen molar-refractivity contribution in [2.75, 3.05) is 0 Å². The van der Waals surface area contributed by atoms with Gasteiger partial charge in [-0.15, -0.1) is 0 Å². The standard InChI is InChI=1S/Ag.K.H2O3S/c;;1-4(2)3/h;;(H2,1,2,3). The van der Waals surface area contributed by atoms with Gasteiger partial charge in [-0.2, -0.15) is 4.21 Å². The molecule has 0 heterocycles. The topological polar surface area (TPSA) is 57.5 Å². The summed E-state index contributed by atoms with van der Waals surface area (Å²) in [4.78, 5) is 0. The van der Waals surface area contributed by atoms with Crippen molar-refractivity contribution in [3.05, 3.63) is 0 Å². The van der Waals surface area contributed by atoms with Crippen molar-refractivity contribution in [1.82, 2.24) is 0 Å². The van der Waals surface area contributed by atoms with E-state index in [0.29, 0.717) is 0 Å². The molecule has 6 heavy (non-hydrogen) atoms. The van der Waals surface area contributed by atoms with Crippen molar-refractivity contribution in [2.24, 2.45) is 0 Å². The molecule has 0 spiro atoms. The molecule has 2 radical (unpaired) electrons. The van der Waals surface area contributed by atoms with Gasteiger partial charge in [-0.05, 0) is 0 Å². The fraction of sp³-hybridized carbons (Fsp3) is 0. The Labute approximate surface area is 96.3 Å². The maximum Gasteiger partial charge on any atom is 0.299 e. The summed E-state index contributed by atoms with van der Waals surface area (Å²) in [6.45, 7) is 0. The molecule has 0 rings (SSSR count). The van der Waals surface area contributed by atoms with Crippen LogP contribution in [-0.2, 0) is 33.7 Å². The summed E-state index contributed by atoms with van der Waals surface area (Å²) in [5.41, 5.74) is 0. The Morgan fingerprint density at radius 3 is 1.33 bits per heavy atom. The summed E-state index contributed by atoms with van der Waals surface area (Å²) in [5.74, 6) is 0. The van der Waals surface area contributed by atoms with Gasteiger partial charge >= 0.3 is 0 Å². The minimum absolute atomic E-state index is 0. The van der Waals surface area contributed by atoms with Crippen LogP contribution in [0, 0.1) is 0 Å². The second-order valence-corrected chi connectivity index (χ2v) is 0.692. The Kier molecular flexibility index (Phi) is 27.5. The summed E-state index contributed by atoms with van der Waals surface area (Å²) >= 11 is -2.61. The third kappa shape index (κ3) is 31.9. The van der Waals surface area contributed by atoms with E-state index in [1.54, 1.807) is 0 Å². The first-order valence-corrected chi connectivity index (χ1v) is 1.60. The fourth-order valence-corrected chi connectivity index (χ4v) is 0. The normalized spacial score (nSPS) is 5.83. The van der Waals surface area contributed by atoms with Crippen LogP contribution in [0.25, 0.3) is 0 Å². The SMILES string of the molecule is O=S(O)O.[Ag].[K]. The summed E-state index contributed by atoms with van der Waals surface area (Å²) in [5, 5.41) is 0. The first-order chi connectivity index (χ1) is 1.73. The monoisotopic (exact) mass is 228 g/mol. The van der Waals surface area contributed by atoms with E-state index in [-0.39, 0.29) is 73.8 Å². The smallest absolute Gasteiger partial charge is 0.284 e. The van der Waals surface area contributed by atoms with Crippen LogP contribution in [0.5, 0.6) is 0 Å². The predicted octanol–water partition coefficient (Wildman–Crippen LogP) is -0.702. The predicted molar refractivity (Wildman–Crippen MR) is 19.2 cm³/mol. The molecule has 0 saturated heterocycles. The minimum atomic E-state index is -2.61. The minimum Gasteiger partial charge on any atom is -0.284 e. The molecule has 0 aliphatic rings. The number of hydrogen-bond donors (Lipinski definition) is 2. The number of rotatable bonds is 0.